The van der Waals surface area contributed by atoms with Gasteiger partial charge in [-0.05, 0) is 25.7 Å². The normalized spacial score (nSPS) is 14.1. The second-order valence-electron chi connectivity index (χ2n) is 4.86. The van der Waals surface area contributed by atoms with Crippen molar-refractivity contribution in [1.82, 2.24) is 9.55 Å². The van der Waals surface area contributed by atoms with Crippen LogP contribution in [0.3, 0.4) is 0 Å². The van der Waals surface area contributed by atoms with Crippen molar-refractivity contribution in [3.05, 3.63) is 57.7 Å². The summed E-state index contributed by atoms with van der Waals surface area (Å²) in [6.07, 6.45) is 6.23. The van der Waals surface area contributed by atoms with Gasteiger partial charge in [-0.3, -0.25) is 10.1 Å². The molecule has 0 amide bonds. The second kappa shape index (κ2) is 4.84. The lowest BCUT2D eigenvalue weighted by molar-refractivity contribution is -0.385. The number of nitro groups is 1. The minimum Gasteiger partial charge on any atom is -0.330 e. The fourth-order valence-electron chi connectivity index (χ4n) is 2.67. The molecular formula is C14H15N3O2. The van der Waals surface area contributed by atoms with Crippen LogP contribution in [0.1, 0.15) is 29.8 Å². The number of nitro benzene ring substituents is 1. The third kappa shape index (κ3) is 2.23. The van der Waals surface area contributed by atoms with Crippen LogP contribution in [0, 0.1) is 10.1 Å². The van der Waals surface area contributed by atoms with Gasteiger partial charge in [0.05, 0.1) is 23.5 Å². The highest BCUT2D eigenvalue weighted by atomic mass is 16.6. The zero-order valence-electron chi connectivity index (χ0n) is 10.6. The number of nitrogens with zero attached hydrogens (tertiary/aromatic N) is 3. The first-order valence-corrected chi connectivity index (χ1v) is 6.51. The Balaban J connectivity index is 1.94. The Kier molecular flexibility index (Phi) is 3.03. The van der Waals surface area contributed by atoms with E-state index in [1.165, 1.54) is 18.5 Å². The van der Waals surface area contributed by atoms with Crippen molar-refractivity contribution < 1.29 is 4.92 Å². The van der Waals surface area contributed by atoms with Crippen LogP contribution < -0.4 is 0 Å². The molecule has 0 unspecified atom stereocenters. The van der Waals surface area contributed by atoms with E-state index in [9.17, 15) is 10.1 Å². The highest BCUT2D eigenvalue weighted by Crippen LogP contribution is 2.23. The van der Waals surface area contributed by atoms with E-state index in [1.807, 2.05) is 18.5 Å². The molecule has 1 aromatic carbocycles. The lowest BCUT2D eigenvalue weighted by Gasteiger charge is -2.14. The van der Waals surface area contributed by atoms with Gasteiger partial charge in [0.25, 0.3) is 5.69 Å². The van der Waals surface area contributed by atoms with Crippen LogP contribution in [0.15, 0.2) is 30.6 Å². The zero-order chi connectivity index (χ0) is 13.2. The van der Waals surface area contributed by atoms with E-state index in [0.29, 0.717) is 6.54 Å². The van der Waals surface area contributed by atoms with Crippen LogP contribution in [0.5, 0.6) is 0 Å². The minimum absolute atomic E-state index is 0.181. The number of imidazole rings is 1. The van der Waals surface area contributed by atoms with Gasteiger partial charge in [-0.25, -0.2) is 4.98 Å². The van der Waals surface area contributed by atoms with E-state index >= 15 is 0 Å². The average Bonchev–Trinajstić information content (AvgIpc) is 2.83. The van der Waals surface area contributed by atoms with Gasteiger partial charge in [-0.1, -0.05) is 18.2 Å². The summed E-state index contributed by atoms with van der Waals surface area (Å²) >= 11 is 0. The van der Waals surface area contributed by atoms with Gasteiger partial charge >= 0.3 is 0 Å². The number of aryl methyl sites for hydroxylation is 1. The van der Waals surface area contributed by atoms with Gasteiger partial charge < -0.3 is 4.57 Å². The molecule has 1 aliphatic carbocycles. The maximum Gasteiger partial charge on any atom is 0.274 e. The number of hydrogen-bond acceptors (Lipinski definition) is 3. The minimum atomic E-state index is -0.321. The summed E-state index contributed by atoms with van der Waals surface area (Å²) in [5.41, 5.74) is 3.31. The Bertz CT molecular complexity index is 619. The molecule has 3 rings (SSSR count). The number of para-hydroxylation sites is 1. The van der Waals surface area contributed by atoms with Crippen molar-refractivity contribution in [3.63, 3.8) is 0 Å². The lowest BCUT2D eigenvalue weighted by atomic mass is 10.0. The molecule has 0 aliphatic heterocycles. The number of fused-ring (bicyclic) bond motifs is 1. The fourth-order valence-corrected chi connectivity index (χ4v) is 2.67. The van der Waals surface area contributed by atoms with Gasteiger partial charge in [-0.15, -0.1) is 0 Å². The second-order valence-corrected chi connectivity index (χ2v) is 4.86. The fraction of sp³-hybridized carbons (Fsp3) is 0.357. The molecule has 1 aromatic heterocycles. The van der Waals surface area contributed by atoms with Crippen LogP contribution in [-0.4, -0.2) is 14.5 Å². The molecule has 2 aromatic rings. The molecule has 19 heavy (non-hydrogen) atoms. The van der Waals surface area contributed by atoms with Gasteiger partial charge in [-0.2, -0.15) is 0 Å². The van der Waals surface area contributed by atoms with Gasteiger partial charge in [0, 0.05) is 17.3 Å². The van der Waals surface area contributed by atoms with Crippen molar-refractivity contribution in [1.29, 1.82) is 0 Å². The van der Waals surface area contributed by atoms with Crippen LogP contribution >= 0.6 is 0 Å². The first kappa shape index (κ1) is 11.9. The molecule has 1 heterocycles. The maximum atomic E-state index is 11.0. The SMILES string of the molecule is O=[N+]([O-])c1ccccc1Cn1cnc2c1CCCC2. The Labute approximate surface area is 111 Å². The molecule has 98 valence electrons. The predicted molar refractivity (Wildman–Crippen MR) is 71.1 cm³/mol. The highest BCUT2D eigenvalue weighted by Gasteiger charge is 2.18. The first-order valence-electron chi connectivity index (χ1n) is 6.51. The number of benzene rings is 1. The van der Waals surface area contributed by atoms with Crippen LogP contribution in [-0.2, 0) is 19.4 Å². The van der Waals surface area contributed by atoms with E-state index in [4.69, 9.17) is 0 Å². The van der Waals surface area contributed by atoms with Gasteiger partial charge in [0.1, 0.15) is 0 Å². The smallest absolute Gasteiger partial charge is 0.274 e. The Morgan fingerprint density at radius 2 is 2.05 bits per heavy atom. The summed E-state index contributed by atoms with van der Waals surface area (Å²) < 4.78 is 2.05. The van der Waals surface area contributed by atoms with Crippen molar-refractivity contribution in [2.75, 3.05) is 0 Å². The summed E-state index contributed by atoms with van der Waals surface area (Å²) in [4.78, 5) is 15.1. The zero-order valence-corrected chi connectivity index (χ0v) is 10.6. The monoisotopic (exact) mass is 257 g/mol. The molecule has 0 atom stereocenters. The third-order valence-electron chi connectivity index (χ3n) is 3.64. The Morgan fingerprint density at radius 1 is 1.26 bits per heavy atom. The molecule has 0 fully saturated rings. The average molecular weight is 257 g/mol. The number of hydrogen-bond donors (Lipinski definition) is 0. The van der Waals surface area contributed by atoms with Gasteiger partial charge in [0.2, 0.25) is 0 Å². The van der Waals surface area contributed by atoms with Crippen molar-refractivity contribution in [2.45, 2.75) is 32.2 Å². The van der Waals surface area contributed by atoms with E-state index in [1.54, 1.807) is 12.1 Å². The molecule has 1 aliphatic rings. The van der Waals surface area contributed by atoms with Gasteiger partial charge in [0.15, 0.2) is 0 Å². The molecule has 5 nitrogen and oxygen atoms in total. The van der Waals surface area contributed by atoms with E-state index in [0.717, 1.165) is 24.1 Å². The van der Waals surface area contributed by atoms with E-state index in [-0.39, 0.29) is 10.6 Å². The third-order valence-corrected chi connectivity index (χ3v) is 3.64. The molecule has 0 saturated carbocycles. The lowest BCUT2D eigenvalue weighted by Crippen LogP contribution is -2.09. The molecule has 0 saturated heterocycles. The summed E-state index contributed by atoms with van der Waals surface area (Å²) in [5.74, 6) is 0. The summed E-state index contributed by atoms with van der Waals surface area (Å²) in [6.45, 7) is 0.527. The molecule has 0 bridgehead atoms. The van der Waals surface area contributed by atoms with Crippen LogP contribution in [0.2, 0.25) is 0 Å². The molecule has 0 spiro atoms. The van der Waals surface area contributed by atoms with Crippen molar-refractivity contribution in [3.8, 4) is 0 Å². The number of aromatic nitrogens is 2. The summed E-state index contributed by atoms with van der Waals surface area (Å²) in [5, 5.41) is 11.0. The first-order chi connectivity index (χ1) is 9.25. The quantitative estimate of drug-likeness (QED) is 0.627. The van der Waals surface area contributed by atoms with Crippen molar-refractivity contribution >= 4 is 5.69 Å². The topological polar surface area (TPSA) is 61.0 Å². The van der Waals surface area contributed by atoms with Crippen molar-refractivity contribution in [2.24, 2.45) is 0 Å². The van der Waals surface area contributed by atoms with Crippen LogP contribution in [0.4, 0.5) is 5.69 Å². The largest absolute Gasteiger partial charge is 0.330 e. The molecule has 0 N–H and O–H groups in total. The molecule has 0 radical (unpaired) electrons. The van der Waals surface area contributed by atoms with E-state index < -0.39 is 0 Å². The molecular weight excluding hydrogens is 242 g/mol. The Hall–Kier alpha value is -2.17. The summed E-state index contributed by atoms with van der Waals surface area (Å²) in [6, 6.07) is 6.91. The summed E-state index contributed by atoms with van der Waals surface area (Å²) in [7, 11) is 0. The maximum absolute atomic E-state index is 11.0. The van der Waals surface area contributed by atoms with E-state index in [2.05, 4.69) is 9.55 Å². The molecule has 5 heteroatoms. The highest BCUT2D eigenvalue weighted by molar-refractivity contribution is 5.40. The standard InChI is InChI=1S/C14H15N3O2/c18-17(19)13-7-3-1-5-11(13)9-16-10-15-12-6-2-4-8-14(12)16/h1,3,5,7,10H,2,4,6,8-9H2. The number of rotatable bonds is 3. The Morgan fingerprint density at radius 3 is 2.89 bits per heavy atom. The van der Waals surface area contributed by atoms with Crippen LogP contribution in [0.25, 0.3) is 0 Å². The predicted octanol–water partition coefficient (Wildman–Crippen LogP) is 2.72.